The lowest BCUT2D eigenvalue weighted by Gasteiger charge is -2.29. The minimum absolute atomic E-state index is 0.0508. The summed E-state index contributed by atoms with van der Waals surface area (Å²) in [5.41, 5.74) is 1.79. The molecule has 0 aliphatic carbocycles. The first-order chi connectivity index (χ1) is 12.7. The van der Waals surface area contributed by atoms with Crippen LogP contribution in [-0.2, 0) is 0 Å². The predicted molar refractivity (Wildman–Crippen MR) is 101 cm³/mol. The fraction of sp³-hybridized carbons (Fsp3) is 0.222. The van der Waals surface area contributed by atoms with E-state index in [-0.39, 0.29) is 10.7 Å². The summed E-state index contributed by atoms with van der Waals surface area (Å²) in [6, 6.07) is 8.88. The minimum Gasteiger partial charge on any atom is -0.495 e. The molecule has 2 heterocycles. The minimum atomic E-state index is -0.520. The van der Waals surface area contributed by atoms with Crippen molar-refractivity contribution in [2.24, 2.45) is 0 Å². The van der Waals surface area contributed by atoms with E-state index in [1.54, 1.807) is 19.2 Å². The number of hydrogen-bond acceptors (Lipinski definition) is 6. The molecule has 0 radical (unpaired) electrons. The third-order valence-corrected chi connectivity index (χ3v) is 4.59. The van der Waals surface area contributed by atoms with E-state index in [9.17, 15) is 4.39 Å². The van der Waals surface area contributed by atoms with Gasteiger partial charge in [-0.05, 0) is 18.2 Å². The van der Waals surface area contributed by atoms with Crippen molar-refractivity contribution in [3.63, 3.8) is 0 Å². The molecule has 1 fully saturated rings. The van der Waals surface area contributed by atoms with Gasteiger partial charge in [-0.2, -0.15) is 0 Å². The van der Waals surface area contributed by atoms with Gasteiger partial charge >= 0.3 is 0 Å². The summed E-state index contributed by atoms with van der Waals surface area (Å²) in [5.74, 6) is 0.671. The molecule has 0 atom stereocenters. The Balaban J connectivity index is 1.76. The van der Waals surface area contributed by atoms with Crippen LogP contribution in [0.4, 0.5) is 21.6 Å². The molecular weight excluding hydrogens is 357 g/mol. The molecule has 0 saturated carbocycles. The summed E-state index contributed by atoms with van der Waals surface area (Å²) in [6.45, 7) is 1.79. The molecule has 1 saturated heterocycles. The first kappa shape index (κ1) is 16.8. The molecule has 134 valence electrons. The van der Waals surface area contributed by atoms with Crippen LogP contribution in [0.25, 0.3) is 10.9 Å². The summed E-state index contributed by atoms with van der Waals surface area (Å²) >= 11 is 5.86. The predicted octanol–water partition coefficient (Wildman–Crippen LogP) is 3.56. The molecule has 1 aromatic heterocycles. The Morgan fingerprint density at radius 3 is 2.81 bits per heavy atom. The third kappa shape index (κ3) is 3.11. The van der Waals surface area contributed by atoms with E-state index in [1.807, 2.05) is 12.1 Å². The lowest BCUT2D eigenvalue weighted by atomic mass is 10.1. The first-order valence-electron chi connectivity index (χ1n) is 8.16. The van der Waals surface area contributed by atoms with Crippen LogP contribution in [0.3, 0.4) is 0 Å². The molecule has 0 bridgehead atoms. The average molecular weight is 374 g/mol. The van der Waals surface area contributed by atoms with Crippen LogP contribution in [0.1, 0.15) is 0 Å². The zero-order valence-electron chi connectivity index (χ0n) is 14.0. The van der Waals surface area contributed by atoms with Crippen molar-refractivity contribution in [1.82, 2.24) is 15.3 Å². The fourth-order valence-corrected chi connectivity index (χ4v) is 2.98. The standard InChI is InChI=1S/C18H17ClFN5O/c1-26-16-6-14-11(5-15(16)24-10-7-21-8-10)18(23-9-22-14)25-13-4-2-3-12(19)17(13)20/h2-6,9-10,21,24H,7-8H2,1H3,(H,22,23,25). The Bertz CT molecular complexity index is 964. The number of fused-ring (bicyclic) bond motifs is 1. The third-order valence-electron chi connectivity index (χ3n) is 4.30. The van der Waals surface area contributed by atoms with E-state index in [4.69, 9.17) is 16.3 Å². The van der Waals surface area contributed by atoms with E-state index in [2.05, 4.69) is 25.9 Å². The van der Waals surface area contributed by atoms with Crippen molar-refractivity contribution in [2.75, 3.05) is 30.8 Å². The Morgan fingerprint density at radius 2 is 2.08 bits per heavy atom. The van der Waals surface area contributed by atoms with Gasteiger partial charge < -0.3 is 20.7 Å². The van der Waals surface area contributed by atoms with Crippen LogP contribution in [0.15, 0.2) is 36.7 Å². The number of nitrogens with zero attached hydrogens (tertiary/aromatic N) is 2. The van der Waals surface area contributed by atoms with Crippen molar-refractivity contribution in [1.29, 1.82) is 0 Å². The smallest absolute Gasteiger partial charge is 0.165 e. The summed E-state index contributed by atoms with van der Waals surface area (Å²) in [7, 11) is 1.62. The number of rotatable bonds is 5. The van der Waals surface area contributed by atoms with Crippen LogP contribution < -0.4 is 20.7 Å². The van der Waals surface area contributed by atoms with Crippen molar-refractivity contribution < 1.29 is 9.13 Å². The maximum atomic E-state index is 14.2. The first-order valence-corrected chi connectivity index (χ1v) is 8.54. The SMILES string of the molecule is COc1cc2ncnc(Nc3cccc(Cl)c3F)c2cc1NC1CNC1. The number of methoxy groups -OCH3 is 1. The number of halogens is 2. The van der Waals surface area contributed by atoms with Gasteiger partial charge in [-0.25, -0.2) is 14.4 Å². The van der Waals surface area contributed by atoms with Gasteiger partial charge in [0, 0.05) is 24.5 Å². The summed E-state index contributed by atoms with van der Waals surface area (Å²) in [4.78, 5) is 8.57. The maximum Gasteiger partial charge on any atom is 0.165 e. The molecule has 1 aliphatic heterocycles. The quantitative estimate of drug-likeness (QED) is 0.635. The highest BCUT2D eigenvalue weighted by molar-refractivity contribution is 6.31. The summed E-state index contributed by atoms with van der Waals surface area (Å²) in [5, 5.41) is 10.5. The highest BCUT2D eigenvalue weighted by Gasteiger charge is 2.19. The van der Waals surface area contributed by atoms with E-state index in [0.29, 0.717) is 23.1 Å². The van der Waals surface area contributed by atoms with Gasteiger partial charge in [-0.1, -0.05) is 17.7 Å². The topological polar surface area (TPSA) is 71.1 Å². The monoisotopic (exact) mass is 373 g/mol. The molecule has 0 unspecified atom stereocenters. The van der Waals surface area contributed by atoms with Crippen molar-refractivity contribution in [3.05, 3.63) is 47.5 Å². The van der Waals surface area contributed by atoms with Gasteiger partial charge in [0.15, 0.2) is 5.82 Å². The van der Waals surface area contributed by atoms with Crippen molar-refractivity contribution in [2.45, 2.75) is 6.04 Å². The van der Waals surface area contributed by atoms with Crippen LogP contribution in [0.2, 0.25) is 5.02 Å². The summed E-state index contributed by atoms with van der Waals surface area (Å²) < 4.78 is 19.7. The van der Waals surface area contributed by atoms with Gasteiger partial charge in [0.1, 0.15) is 17.9 Å². The van der Waals surface area contributed by atoms with Gasteiger partial charge in [-0.15, -0.1) is 0 Å². The Hall–Kier alpha value is -2.64. The Morgan fingerprint density at radius 1 is 1.23 bits per heavy atom. The van der Waals surface area contributed by atoms with Gasteiger partial charge in [-0.3, -0.25) is 0 Å². The second kappa shape index (κ2) is 6.93. The van der Waals surface area contributed by atoms with Crippen LogP contribution in [0.5, 0.6) is 5.75 Å². The number of aromatic nitrogens is 2. The van der Waals surface area contributed by atoms with E-state index in [0.717, 1.165) is 24.2 Å². The normalized spacial score (nSPS) is 14.1. The molecule has 3 N–H and O–H groups in total. The number of nitrogens with one attached hydrogen (secondary N) is 3. The van der Waals surface area contributed by atoms with E-state index < -0.39 is 5.82 Å². The largest absolute Gasteiger partial charge is 0.495 e. The maximum absolute atomic E-state index is 14.2. The number of ether oxygens (including phenoxy) is 1. The second-order valence-electron chi connectivity index (χ2n) is 6.02. The molecule has 26 heavy (non-hydrogen) atoms. The van der Waals surface area contributed by atoms with Crippen molar-refractivity contribution in [3.8, 4) is 5.75 Å². The molecule has 6 nitrogen and oxygen atoms in total. The molecule has 0 amide bonds. The number of hydrogen-bond donors (Lipinski definition) is 3. The van der Waals surface area contributed by atoms with Gasteiger partial charge in [0.05, 0.1) is 35.1 Å². The van der Waals surface area contributed by atoms with Crippen molar-refractivity contribution >= 4 is 39.7 Å². The molecule has 4 rings (SSSR count). The Kier molecular flexibility index (Phi) is 4.48. The molecule has 0 spiro atoms. The number of anilines is 3. The fourth-order valence-electron chi connectivity index (χ4n) is 2.80. The lowest BCUT2D eigenvalue weighted by molar-refractivity contribution is 0.413. The molecular formula is C18H17ClFN5O. The van der Waals surface area contributed by atoms with E-state index >= 15 is 0 Å². The molecule has 3 aromatic rings. The zero-order valence-corrected chi connectivity index (χ0v) is 14.8. The second-order valence-corrected chi connectivity index (χ2v) is 6.43. The Labute approximate surface area is 154 Å². The van der Waals surface area contributed by atoms with E-state index in [1.165, 1.54) is 12.4 Å². The number of benzene rings is 2. The highest BCUT2D eigenvalue weighted by Crippen LogP contribution is 2.34. The molecule has 2 aromatic carbocycles. The van der Waals surface area contributed by atoms with Gasteiger partial charge in [0.2, 0.25) is 0 Å². The van der Waals surface area contributed by atoms with Crippen LogP contribution >= 0.6 is 11.6 Å². The highest BCUT2D eigenvalue weighted by atomic mass is 35.5. The average Bonchev–Trinajstić information content (AvgIpc) is 2.61. The molecule has 1 aliphatic rings. The van der Waals surface area contributed by atoms with Gasteiger partial charge in [0.25, 0.3) is 0 Å². The van der Waals surface area contributed by atoms with Crippen LogP contribution in [0, 0.1) is 5.82 Å². The van der Waals surface area contributed by atoms with Crippen LogP contribution in [-0.4, -0.2) is 36.2 Å². The molecule has 8 heteroatoms. The lowest BCUT2D eigenvalue weighted by Crippen LogP contribution is -2.51. The summed E-state index contributed by atoms with van der Waals surface area (Å²) in [6.07, 6.45) is 1.43. The zero-order chi connectivity index (χ0) is 18.1.